The normalized spacial score (nSPS) is 14.2. The van der Waals surface area contributed by atoms with Gasteiger partial charge in [-0.05, 0) is 37.1 Å². The van der Waals surface area contributed by atoms with E-state index in [-0.39, 0.29) is 5.57 Å². The van der Waals surface area contributed by atoms with Crippen molar-refractivity contribution in [2.45, 2.75) is 20.3 Å². The van der Waals surface area contributed by atoms with Gasteiger partial charge in [0.15, 0.2) is 11.5 Å². The second-order valence-corrected chi connectivity index (χ2v) is 4.78. The Hall–Kier alpha value is -2.83. The topological polar surface area (TPSA) is 93.7 Å². The van der Waals surface area contributed by atoms with E-state index in [1.807, 2.05) is 24.5 Å². The molecule has 23 heavy (non-hydrogen) atoms. The SMILES string of the molecule is CCCOc1ccc(C=C2C(=O)NC(=O)NC2=O)cc1OCC. The van der Waals surface area contributed by atoms with Gasteiger partial charge in [-0.3, -0.25) is 20.2 Å². The first-order chi connectivity index (χ1) is 11.0. The summed E-state index contributed by atoms with van der Waals surface area (Å²) < 4.78 is 11.1. The fourth-order valence-corrected chi connectivity index (χ4v) is 1.99. The Kier molecular flexibility index (Phi) is 5.35. The molecular weight excluding hydrogens is 300 g/mol. The van der Waals surface area contributed by atoms with Gasteiger partial charge < -0.3 is 9.47 Å². The fraction of sp³-hybridized carbons (Fsp3) is 0.312. The molecule has 4 amide bonds. The van der Waals surface area contributed by atoms with Crippen molar-refractivity contribution in [1.29, 1.82) is 0 Å². The Labute approximate surface area is 133 Å². The van der Waals surface area contributed by atoms with Gasteiger partial charge in [-0.1, -0.05) is 13.0 Å². The molecule has 1 heterocycles. The van der Waals surface area contributed by atoms with Crippen molar-refractivity contribution >= 4 is 23.9 Å². The van der Waals surface area contributed by atoms with Crippen molar-refractivity contribution in [3.05, 3.63) is 29.3 Å². The molecule has 2 rings (SSSR count). The lowest BCUT2D eigenvalue weighted by atomic mass is 10.1. The monoisotopic (exact) mass is 318 g/mol. The minimum Gasteiger partial charge on any atom is -0.490 e. The number of urea groups is 1. The molecule has 7 heteroatoms. The van der Waals surface area contributed by atoms with Gasteiger partial charge in [-0.15, -0.1) is 0 Å². The maximum atomic E-state index is 11.7. The lowest BCUT2D eigenvalue weighted by Crippen LogP contribution is -2.51. The van der Waals surface area contributed by atoms with Crippen LogP contribution in [-0.2, 0) is 9.59 Å². The van der Waals surface area contributed by atoms with Gasteiger partial charge in [0.2, 0.25) is 0 Å². The van der Waals surface area contributed by atoms with Gasteiger partial charge >= 0.3 is 6.03 Å². The third kappa shape index (κ3) is 4.09. The fourth-order valence-electron chi connectivity index (χ4n) is 1.99. The molecule has 0 saturated carbocycles. The molecule has 0 unspecified atom stereocenters. The minimum atomic E-state index is -0.824. The summed E-state index contributed by atoms with van der Waals surface area (Å²) in [5.41, 5.74) is 0.446. The van der Waals surface area contributed by atoms with Gasteiger partial charge in [0.05, 0.1) is 13.2 Å². The van der Waals surface area contributed by atoms with Crippen molar-refractivity contribution in [2.75, 3.05) is 13.2 Å². The van der Waals surface area contributed by atoms with Gasteiger partial charge in [0.1, 0.15) is 5.57 Å². The van der Waals surface area contributed by atoms with Crippen LogP contribution in [0.3, 0.4) is 0 Å². The average Bonchev–Trinajstić information content (AvgIpc) is 2.50. The first kappa shape index (κ1) is 16.5. The van der Waals surface area contributed by atoms with Crippen molar-refractivity contribution in [2.24, 2.45) is 0 Å². The zero-order valence-electron chi connectivity index (χ0n) is 13.0. The summed E-state index contributed by atoms with van der Waals surface area (Å²) in [6, 6.07) is 4.28. The number of hydrogen-bond acceptors (Lipinski definition) is 5. The van der Waals surface area contributed by atoms with E-state index < -0.39 is 17.8 Å². The molecule has 1 aliphatic rings. The second-order valence-electron chi connectivity index (χ2n) is 4.78. The summed E-state index contributed by atoms with van der Waals surface area (Å²) >= 11 is 0. The smallest absolute Gasteiger partial charge is 0.328 e. The molecule has 1 saturated heterocycles. The molecule has 0 radical (unpaired) electrons. The number of carbonyl (C=O) groups excluding carboxylic acids is 3. The number of barbiturate groups is 1. The van der Waals surface area contributed by atoms with Crippen LogP contribution in [0.5, 0.6) is 11.5 Å². The van der Waals surface area contributed by atoms with E-state index in [1.54, 1.807) is 18.2 Å². The summed E-state index contributed by atoms with van der Waals surface area (Å²) in [5.74, 6) is -0.336. The van der Waals surface area contributed by atoms with E-state index >= 15 is 0 Å². The number of benzene rings is 1. The molecule has 1 fully saturated rings. The standard InChI is InChI=1S/C16H18N2O5/c1-3-7-23-12-6-5-10(9-13(12)22-4-2)8-11-14(19)17-16(21)18-15(11)20/h5-6,8-9H,3-4,7H2,1-2H3,(H2,17,18,19,20,21). The zero-order valence-corrected chi connectivity index (χ0v) is 13.0. The molecule has 0 atom stereocenters. The van der Waals surface area contributed by atoms with Crippen LogP contribution in [-0.4, -0.2) is 31.1 Å². The number of amides is 4. The third-order valence-corrected chi connectivity index (χ3v) is 2.98. The van der Waals surface area contributed by atoms with Crippen LogP contribution in [0.25, 0.3) is 6.08 Å². The Morgan fingerprint density at radius 3 is 2.30 bits per heavy atom. The second kappa shape index (κ2) is 7.44. The van der Waals surface area contributed by atoms with E-state index in [4.69, 9.17) is 9.47 Å². The minimum absolute atomic E-state index is 0.144. The largest absolute Gasteiger partial charge is 0.490 e. The Morgan fingerprint density at radius 2 is 1.70 bits per heavy atom. The van der Waals surface area contributed by atoms with E-state index in [0.29, 0.717) is 30.3 Å². The van der Waals surface area contributed by atoms with Crippen LogP contribution in [0.1, 0.15) is 25.8 Å². The van der Waals surface area contributed by atoms with E-state index in [2.05, 4.69) is 0 Å². The third-order valence-electron chi connectivity index (χ3n) is 2.98. The molecule has 1 aromatic rings. The van der Waals surface area contributed by atoms with Crippen LogP contribution in [0, 0.1) is 0 Å². The van der Waals surface area contributed by atoms with E-state index in [1.165, 1.54) is 6.08 Å². The number of rotatable bonds is 6. The quantitative estimate of drug-likeness (QED) is 0.614. The van der Waals surface area contributed by atoms with Gasteiger partial charge in [-0.25, -0.2) is 4.79 Å². The van der Waals surface area contributed by atoms with Crippen molar-refractivity contribution in [3.8, 4) is 11.5 Å². The zero-order chi connectivity index (χ0) is 16.8. The van der Waals surface area contributed by atoms with Crippen LogP contribution < -0.4 is 20.1 Å². The molecule has 0 aliphatic carbocycles. The van der Waals surface area contributed by atoms with Crippen molar-refractivity contribution in [3.63, 3.8) is 0 Å². The molecule has 2 N–H and O–H groups in total. The molecule has 0 spiro atoms. The number of ether oxygens (including phenoxy) is 2. The van der Waals surface area contributed by atoms with Crippen molar-refractivity contribution in [1.82, 2.24) is 10.6 Å². The van der Waals surface area contributed by atoms with Gasteiger partial charge in [0, 0.05) is 0 Å². The predicted molar refractivity (Wildman–Crippen MR) is 83.1 cm³/mol. The average molecular weight is 318 g/mol. The number of hydrogen-bond donors (Lipinski definition) is 2. The Bertz CT molecular complexity index is 644. The first-order valence-electron chi connectivity index (χ1n) is 7.33. The van der Waals surface area contributed by atoms with Crippen molar-refractivity contribution < 1.29 is 23.9 Å². The molecule has 0 bridgehead atoms. The Morgan fingerprint density at radius 1 is 1.00 bits per heavy atom. The maximum Gasteiger partial charge on any atom is 0.328 e. The van der Waals surface area contributed by atoms with Crippen LogP contribution in [0.2, 0.25) is 0 Å². The molecule has 0 aromatic heterocycles. The lowest BCUT2D eigenvalue weighted by molar-refractivity contribution is -0.123. The maximum absolute atomic E-state index is 11.7. The Balaban J connectivity index is 2.30. The van der Waals surface area contributed by atoms with Crippen LogP contribution in [0.15, 0.2) is 23.8 Å². The summed E-state index contributed by atoms with van der Waals surface area (Å²) in [7, 11) is 0. The molecule has 7 nitrogen and oxygen atoms in total. The number of nitrogens with one attached hydrogen (secondary N) is 2. The highest BCUT2D eigenvalue weighted by Crippen LogP contribution is 2.29. The van der Waals surface area contributed by atoms with Gasteiger partial charge in [0.25, 0.3) is 11.8 Å². The molecule has 122 valence electrons. The molecule has 1 aliphatic heterocycles. The summed E-state index contributed by atoms with van der Waals surface area (Å²) in [4.78, 5) is 34.5. The van der Waals surface area contributed by atoms with E-state index in [9.17, 15) is 14.4 Å². The van der Waals surface area contributed by atoms with Gasteiger partial charge in [-0.2, -0.15) is 0 Å². The van der Waals surface area contributed by atoms with Crippen LogP contribution in [0.4, 0.5) is 4.79 Å². The van der Waals surface area contributed by atoms with E-state index in [0.717, 1.165) is 6.42 Å². The first-order valence-corrected chi connectivity index (χ1v) is 7.33. The lowest BCUT2D eigenvalue weighted by Gasteiger charge is -2.15. The highest BCUT2D eigenvalue weighted by atomic mass is 16.5. The molecule has 1 aromatic carbocycles. The predicted octanol–water partition coefficient (Wildman–Crippen LogP) is 1.62. The molecular formula is C16H18N2O5. The summed E-state index contributed by atoms with van der Waals surface area (Å²) in [6.45, 7) is 4.87. The van der Waals surface area contributed by atoms with Crippen LogP contribution >= 0.6 is 0 Å². The highest BCUT2D eigenvalue weighted by molar-refractivity contribution is 6.31. The summed E-state index contributed by atoms with van der Waals surface area (Å²) in [6.07, 6.45) is 2.26. The number of carbonyl (C=O) groups is 3. The number of imide groups is 2. The highest BCUT2D eigenvalue weighted by Gasteiger charge is 2.27. The summed E-state index contributed by atoms with van der Waals surface area (Å²) in [5, 5.41) is 4.05.